The van der Waals surface area contributed by atoms with Gasteiger partial charge in [0, 0.05) is 38.0 Å². The van der Waals surface area contributed by atoms with E-state index in [9.17, 15) is 0 Å². The van der Waals surface area contributed by atoms with Crippen LogP contribution >= 0.6 is 15.9 Å². The van der Waals surface area contributed by atoms with E-state index < -0.39 is 0 Å². The molecular weight excluding hydrogens is 306 g/mol. The molecule has 2 rings (SSSR count). The molecule has 0 saturated heterocycles. The molecule has 0 aliphatic heterocycles. The average molecular weight is 324 g/mol. The second-order valence-electron chi connectivity index (χ2n) is 4.29. The highest BCUT2D eigenvalue weighted by molar-refractivity contribution is 9.10. The van der Waals surface area contributed by atoms with Gasteiger partial charge in [0.05, 0.1) is 0 Å². The largest absolute Gasteiger partial charge is 0.370 e. The van der Waals surface area contributed by atoms with E-state index in [4.69, 9.17) is 0 Å². The van der Waals surface area contributed by atoms with E-state index in [1.807, 2.05) is 23.0 Å². The maximum absolute atomic E-state index is 4.48. The van der Waals surface area contributed by atoms with E-state index in [-0.39, 0.29) is 0 Å². The second kappa shape index (κ2) is 7.23. The van der Waals surface area contributed by atoms with Gasteiger partial charge in [0.2, 0.25) is 0 Å². The second-order valence-corrected chi connectivity index (χ2v) is 5.10. The van der Waals surface area contributed by atoms with Crippen LogP contribution in [0, 0.1) is 0 Å². The minimum Gasteiger partial charge on any atom is -0.370 e. The van der Waals surface area contributed by atoms with Crippen molar-refractivity contribution < 1.29 is 0 Å². The number of aromatic nitrogens is 4. The Morgan fingerprint density at radius 2 is 2.26 bits per heavy atom. The van der Waals surface area contributed by atoms with Crippen LogP contribution in [0.3, 0.4) is 0 Å². The molecule has 0 spiro atoms. The van der Waals surface area contributed by atoms with Crippen LogP contribution in [0.25, 0.3) is 0 Å². The Morgan fingerprint density at radius 1 is 1.37 bits per heavy atom. The Balaban J connectivity index is 1.81. The highest BCUT2D eigenvalue weighted by Crippen LogP contribution is 2.13. The summed E-state index contributed by atoms with van der Waals surface area (Å²) in [4.78, 5) is 8.83. The first-order valence-electron chi connectivity index (χ1n) is 6.52. The minimum atomic E-state index is 0.834. The van der Waals surface area contributed by atoms with Gasteiger partial charge in [-0.3, -0.25) is 4.68 Å². The lowest BCUT2D eigenvalue weighted by Gasteiger charge is -2.08. The van der Waals surface area contributed by atoms with E-state index >= 15 is 0 Å². The van der Waals surface area contributed by atoms with Crippen molar-refractivity contribution in [2.75, 3.05) is 11.9 Å². The highest BCUT2D eigenvalue weighted by Gasteiger charge is 2.02. The summed E-state index contributed by atoms with van der Waals surface area (Å²) in [6.45, 7) is 3.91. The van der Waals surface area contributed by atoms with Crippen molar-refractivity contribution in [2.45, 2.75) is 32.7 Å². The van der Waals surface area contributed by atoms with Crippen molar-refractivity contribution in [1.29, 1.82) is 0 Å². The van der Waals surface area contributed by atoms with Gasteiger partial charge in [-0.05, 0) is 34.8 Å². The molecule has 0 amide bonds. The fourth-order valence-electron chi connectivity index (χ4n) is 1.78. The summed E-state index contributed by atoms with van der Waals surface area (Å²) >= 11 is 3.42. The molecule has 0 bridgehead atoms. The molecule has 0 aromatic carbocycles. The SMILES string of the molecule is CCCc1nc(Br)cc(NCCCn2cccn2)n1. The van der Waals surface area contributed by atoms with Crippen LogP contribution < -0.4 is 5.32 Å². The van der Waals surface area contributed by atoms with Crippen LogP contribution in [0.5, 0.6) is 0 Å². The normalized spacial score (nSPS) is 10.6. The molecule has 0 aliphatic carbocycles. The zero-order valence-electron chi connectivity index (χ0n) is 11.0. The van der Waals surface area contributed by atoms with Crippen molar-refractivity contribution >= 4 is 21.7 Å². The van der Waals surface area contributed by atoms with E-state index in [1.165, 1.54) is 0 Å². The van der Waals surface area contributed by atoms with Crippen LogP contribution in [-0.2, 0) is 13.0 Å². The number of anilines is 1. The zero-order chi connectivity index (χ0) is 13.5. The Bertz CT molecular complexity index is 498. The number of halogens is 1. The molecule has 0 atom stereocenters. The molecule has 5 nitrogen and oxygen atoms in total. The lowest BCUT2D eigenvalue weighted by Crippen LogP contribution is -2.09. The Morgan fingerprint density at radius 3 is 3.00 bits per heavy atom. The first-order chi connectivity index (χ1) is 9.28. The summed E-state index contributed by atoms with van der Waals surface area (Å²) in [5.41, 5.74) is 0. The van der Waals surface area contributed by atoms with Crippen molar-refractivity contribution in [3.05, 3.63) is 35.0 Å². The predicted octanol–water partition coefficient (Wildman–Crippen LogP) is 2.89. The summed E-state index contributed by atoms with van der Waals surface area (Å²) in [7, 11) is 0. The molecule has 2 aromatic heterocycles. The minimum absolute atomic E-state index is 0.834. The molecule has 102 valence electrons. The molecule has 0 aliphatic rings. The van der Waals surface area contributed by atoms with Crippen molar-refractivity contribution in [3.63, 3.8) is 0 Å². The van der Waals surface area contributed by atoms with Crippen molar-refractivity contribution in [3.8, 4) is 0 Å². The van der Waals surface area contributed by atoms with Gasteiger partial charge in [-0.2, -0.15) is 5.10 Å². The van der Waals surface area contributed by atoms with Gasteiger partial charge in [0.25, 0.3) is 0 Å². The molecule has 2 heterocycles. The van der Waals surface area contributed by atoms with Gasteiger partial charge in [-0.25, -0.2) is 9.97 Å². The van der Waals surface area contributed by atoms with Gasteiger partial charge >= 0.3 is 0 Å². The Kier molecular flexibility index (Phi) is 5.32. The van der Waals surface area contributed by atoms with Crippen LogP contribution in [0.4, 0.5) is 5.82 Å². The molecular formula is C13H18BrN5. The molecule has 2 aromatic rings. The first-order valence-corrected chi connectivity index (χ1v) is 7.32. The third kappa shape index (κ3) is 4.63. The van der Waals surface area contributed by atoms with E-state index in [0.29, 0.717) is 0 Å². The standard InChI is InChI=1S/C13H18BrN5/c1-2-5-12-17-11(14)10-13(18-12)15-6-3-8-19-9-4-7-16-19/h4,7,9-10H,2-3,5-6,8H2,1H3,(H,15,17,18). The number of nitrogens with zero attached hydrogens (tertiary/aromatic N) is 4. The van der Waals surface area contributed by atoms with Gasteiger partial charge in [-0.1, -0.05) is 6.92 Å². The summed E-state index contributed by atoms with van der Waals surface area (Å²) in [5, 5.41) is 7.49. The van der Waals surface area contributed by atoms with Crippen LogP contribution in [0.2, 0.25) is 0 Å². The zero-order valence-corrected chi connectivity index (χ0v) is 12.6. The number of hydrogen-bond donors (Lipinski definition) is 1. The van der Waals surface area contributed by atoms with Crippen LogP contribution in [0.15, 0.2) is 29.1 Å². The average Bonchev–Trinajstić information content (AvgIpc) is 2.87. The summed E-state index contributed by atoms with van der Waals surface area (Å²) < 4.78 is 2.76. The summed E-state index contributed by atoms with van der Waals surface area (Å²) in [5.74, 6) is 1.76. The summed E-state index contributed by atoms with van der Waals surface area (Å²) in [6, 6.07) is 3.85. The number of hydrogen-bond acceptors (Lipinski definition) is 4. The van der Waals surface area contributed by atoms with E-state index in [1.54, 1.807) is 6.20 Å². The van der Waals surface area contributed by atoms with Crippen LogP contribution in [0.1, 0.15) is 25.6 Å². The first kappa shape index (κ1) is 14.0. The fraction of sp³-hybridized carbons (Fsp3) is 0.462. The topological polar surface area (TPSA) is 55.6 Å². The molecule has 1 N–H and O–H groups in total. The molecule has 19 heavy (non-hydrogen) atoms. The third-order valence-corrected chi connectivity index (χ3v) is 3.05. The van der Waals surface area contributed by atoms with Crippen LogP contribution in [-0.4, -0.2) is 26.3 Å². The van der Waals surface area contributed by atoms with E-state index in [0.717, 1.165) is 48.6 Å². The maximum atomic E-state index is 4.48. The Labute approximate surface area is 121 Å². The third-order valence-electron chi connectivity index (χ3n) is 2.64. The monoisotopic (exact) mass is 323 g/mol. The highest BCUT2D eigenvalue weighted by atomic mass is 79.9. The van der Waals surface area contributed by atoms with E-state index in [2.05, 4.69) is 43.2 Å². The number of nitrogens with one attached hydrogen (secondary N) is 1. The predicted molar refractivity (Wildman–Crippen MR) is 79.1 cm³/mol. The van der Waals surface area contributed by atoms with Crippen molar-refractivity contribution in [1.82, 2.24) is 19.7 Å². The fourth-order valence-corrected chi connectivity index (χ4v) is 2.20. The van der Waals surface area contributed by atoms with Gasteiger partial charge < -0.3 is 5.32 Å². The maximum Gasteiger partial charge on any atom is 0.132 e. The number of aryl methyl sites for hydroxylation is 2. The van der Waals surface area contributed by atoms with Gasteiger partial charge in [0.15, 0.2) is 0 Å². The Hall–Kier alpha value is -1.43. The smallest absolute Gasteiger partial charge is 0.132 e. The van der Waals surface area contributed by atoms with Crippen molar-refractivity contribution in [2.24, 2.45) is 0 Å². The molecule has 0 radical (unpaired) electrons. The molecule has 0 fully saturated rings. The molecule has 0 unspecified atom stereocenters. The van der Waals surface area contributed by atoms with Gasteiger partial charge in [-0.15, -0.1) is 0 Å². The lowest BCUT2D eigenvalue weighted by atomic mass is 10.3. The molecule has 0 saturated carbocycles. The quantitative estimate of drug-likeness (QED) is 0.628. The summed E-state index contributed by atoms with van der Waals surface area (Å²) in [6.07, 6.45) is 6.73. The van der Waals surface area contributed by atoms with Gasteiger partial charge in [0.1, 0.15) is 16.2 Å². The number of rotatable bonds is 7. The lowest BCUT2D eigenvalue weighted by molar-refractivity contribution is 0.591. The molecule has 6 heteroatoms.